The van der Waals surface area contributed by atoms with Crippen molar-refractivity contribution in [3.8, 4) is 0 Å². The van der Waals surface area contributed by atoms with Crippen LogP contribution in [0.5, 0.6) is 0 Å². The second kappa shape index (κ2) is 9.89. The van der Waals surface area contributed by atoms with E-state index in [4.69, 9.17) is 9.47 Å². The molecule has 1 unspecified atom stereocenters. The Kier molecular flexibility index (Phi) is 7.46. The highest BCUT2D eigenvalue weighted by Gasteiger charge is 2.45. The second-order valence-electron chi connectivity index (χ2n) is 8.15. The van der Waals surface area contributed by atoms with E-state index in [1.807, 2.05) is 0 Å². The molecule has 2 fully saturated rings. The van der Waals surface area contributed by atoms with Crippen LogP contribution >= 0.6 is 0 Å². The fraction of sp³-hybridized carbons (Fsp3) is 0.636. The van der Waals surface area contributed by atoms with Gasteiger partial charge in [0.05, 0.1) is 29.4 Å². The van der Waals surface area contributed by atoms with Crippen molar-refractivity contribution < 1.29 is 32.2 Å². The van der Waals surface area contributed by atoms with E-state index in [1.165, 1.54) is 23.1 Å². The first-order chi connectivity index (χ1) is 14.7. The van der Waals surface area contributed by atoms with Gasteiger partial charge in [0.25, 0.3) is 0 Å². The molecule has 31 heavy (non-hydrogen) atoms. The fourth-order valence-corrected chi connectivity index (χ4v) is 4.35. The molecule has 1 aromatic rings. The summed E-state index contributed by atoms with van der Waals surface area (Å²) in [5, 5.41) is 2.38. The number of benzene rings is 1. The van der Waals surface area contributed by atoms with Crippen molar-refractivity contribution in [2.45, 2.75) is 57.7 Å². The number of carbonyl (C=O) groups excluding carboxylic acids is 2. The van der Waals surface area contributed by atoms with Gasteiger partial charge in [0.15, 0.2) is 0 Å². The highest BCUT2D eigenvalue weighted by Crippen LogP contribution is 2.40. The number of alkyl halides is 3. The molecule has 0 saturated carbocycles. The maximum absolute atomic E-state index is 13.2. The predicted octanol–water partition coefficient (Wildman–Crippen LogP) is 4.84. The molecule has 2 amide bonds. The fourth-order valence-electron chi connectivity index (χ4n) is 4.35. The van der Waals surface area contributed by atoms with E-state index in [2.05, 4.69) is 5.32 Å². The summed E-state index contributed by atoms with van der Waals surface area (Å²) in [6.45, 7) is 3.21. The third-order valence-corrected chi connectivity index (χ3v) is 6.08. The highest BCUT2D eigenvalue weighted by atomic mass is 19.4. The molecule has 0 aliphatic carbocycles. The lowest BCUT2D eigenvalue weighted by Gasteiger charge is -2.42. The van der Waals surface area contributed by atoms with Crippen molar-refractivity contribution in [1.82, 2.24) is 4.90 Å². The molecule has 2 aliphatic rings. The number of amides is 2. The maximum atomic E-state index is 13.2. The molecule has 6 nitrogen and oxygen atoms in total. The number of hydrogen-bond acceptors (Lipinski definition) is 4. The number of para-hydroxylation sites is 1. The predicted molar refractivity (Wildman–Crippen MR) is 109 cm³/mol. The molecular weight excluding hydrogens is 413 g/mol. The average molecular weight is 442 g/mol. The van der Waals surface area contributed by atoms with Gasteiger partial charge >= 0.3 is 18.2 Å². The molecule has 1 atom stereocenters. The Labute approximate surface area is 180 Å². The minimum atomic E-state index is -4.56. The van der Waals surface area contributed by atoms with E-state index >= 15 is 0 Å². The van der Waals surface area contributed by atoms with E-state index in [-0.39, 0.29) is 37.5 Å². The third-order valence-electron chi connectivity index (χ3n) is 6.08. The number of urea groups is 1. The van der Waals surface area contributed by atoms with Crippen molar-refractivity contribution in [1.29, 1.82) is 0 Å². The molecule has 2 heterocycles. The maximum Gasteiger partial charge on any atom is 0.418 e. The van der Waals surface area contributed by atoms with Crippen LogP contribution in [-0.4, -0.2) is 49.3 Å². The zero-order valence-electron chi connectivity index (χ0n) is 17.7. The molecular formula is C22H29F3N2O4. The van der Waals surface area contributed by atoms with Crippen LogP contribution in [0, 0.1) is 5.41 Å². The van der Waals surface area contributed by atoms with Gasteiger partial charge in [-0.05, 0) is 57.6 Å². The van der Waals surface area contributed by atoms with E-state index < -0.39 is 23.2 Å². The Balaban J connectivity index is 1.67. The van der Waals surface area contributed by atoms with Crippen molar-refractivity contribution in [3.05, 3.63) is 29.8 Å². The number of esters is 1. The average Bonchev–Trinajstić information content (AvgIpc) is 2.74. The molecule has 172 valence electrons. The van der Waals surface area contributed by atoms with Gasteiger partial charge in [0, 0.05) is 19.7 Å². The van der Waals surface area contributed by atoms with E-state index in [9.17, 15) is 22.8 Å². The van der Waals surface area contributed by atoms with Crippen LogP contribution in [0.2, 0.25) is 0 Å². The number of carbonyl (C=O) groups is 2. The molecule has 2 saturated heterocycles. The quantitative estimate of drug-likeness (QED) is 0.663. The van der Waals surface area contributed by atoms with Crippen LogP contribution in [0.25, 0.3) is 0 Å². The summed E-state index contributed by atoms with van der Waals surface area (Å²) in [5.74, 6) is -0.286. The number of nitrogens with one attached hydrogen (secondary N) is 1. The summed E-state index contributed by atoms with van der Waals surface area (Å²) in [4.78, 5) is 26.9. The molecule has 1 aromatic carbocycles. The monoisotopic (exact) mass is 442 g/mol. The Hall–Kier alpha value is -2.29. The van der Waals surface area contributed by atoms with E-state index in [0.29, 0.717) is 25.9 Å². The van der Waals surface area contributed by atoms with Gasteiger partial charge in [-0.1, -0.05) is 12.1 Å². The van der Waals surface area contributed by atoms with Gasteiger partial charge in [-0.25, -0.2) is 4.79 Å². The smallest absolute Gasteiger partial charge is 0.418 e. The number of hydrogen-bond donors (Lipinski definition) is 1. The van der Waals surface area contributed by atoms with Gasteiger partial charge < -0.3 is 19.7 Å². The first-order valence-corrected chi connectivity index (χ1v) is 10.8. The van der Waals surface area contributed by atoms with Crippen LogP contribution in [0.4, 0.5) is 23.7 Å². The molecule has 1 N–H and O–H groups in total. The topological polar surface area (TPSA) is 67.9 Å². The van der Waals surface area contributed by atoms with Gasteiger partial charge in [0.1, 0.15) is 0 Å². The summed E-state index contributed by atoms with van der Waals surface area (Å²) < 4.78 is 50.8. The number of piperidine rings is 1. The SMILES string of the molecule is CCOC(=O)C1(CC2CCCCO2)CCN(C(=O)Nc2ccccc2C(F)(F)F)CC1. The number of rotatable bonds is 5. The van der Waals surface area contributed by atoms with E-state index in [0.717, 1.165) is 25.3 Å². The number of anilines is 1. The summed E-state index contributed by atoms with van der Waals surface area (Å²) in [5.41, 5.74) is -1.91. The minimum absolute atomic E-state index is 0.0165. The number of ether oxygens (including phenoxy) is 2. The molecule has 0 spiro atoms. The number of likely N-dealkylation sites (tertiary alicyclic amines) is 1. The normalized spacial score (nSPS) is 21.4. The van der Waals surface area contributed by atoms with Gasteiger partial charge in [0.2, 0.25) is 0 Å². The Morgan fingerprint density at radius 3 is 2.55 bits per heavy atom. The van der Waals surface area contributed by atoms with Crippen LogP contribution in [0.3, 0.4) is 0 Å². The molecule has 9 heteroatoms. The molecule has 3 rings (SSSR count). The Bertz CT molecular complexity index is 770. The lowest BCUT2D eigenvalue weighted by molar-refractivity contribution is -0.162. The first kappa shape index (κ1) is 23.4. The van der Waals surface area contributed by atoms with Crippen LogP contribution in [-0.2, 0) is 20.4 Å². The van der Waals surface area contributed by atoms with Gasteiger partial charge in [-0.15, -0.1) is 0 Å². The van der Waals surface area contributed by atoms with Crippen LogP contribution in [0.15, 0.2) is 24.3 Å². The lowest BCUT2D eigenvalue weighted by Crippen LogP contribution is -2.50. The van der Waals surface area contributed by atoms with Crippen LogP contribution < -0.4 is 5.32 Å². The second-order valence-corrected chi connectivity index (χ2v) is 8.15. The number of halogens is 3. The standard InChI is InChI=1S/C22H29F3N2O4/c1-2-30-19(28)21(15-16-7-5-6-14-31-16)10-12-27(13-11-21)20(29)26-18-9-4-3-8-17(18)22(23,24)25/h3-4,8-9,16H,2,5-7,10-15H2,1H3,(H,26,29). The van der Waals surface area contributed by atoms with Crippen molar-refractivity contribution in [2.75, 3.05) is 31.6 Å². The van der Waals surface area contributed by atoms with Gasteiger partial charge in [-0.3, -0.25) is 4.79 Å². The van der Waals surface area contributed by atoms with E-state index in [1.54, 1.807) is 6.92 Å². The minimum Gasteiger partial charge on any atom is -0.466 e. The third kappa shape index (κ3) is 5.70. The van der Waals surface area contributed by atoms with Crippen LogP contribution in [0.1, 0.15) is 51.0 Å². The largest absolute Gasteiger partial charge is 0.466 e. The summed E-state index contributed by atoms with van der Waals surface area (Å²) in [6, 6.07) is 4.27. The summed E-state index contributed by atoms with van der Waals surface area (Å²) >= 11 is 0. The molecule has 0 aromatic heterocycles. The summed E-state index contributed by atoms with van der Waals surface area (Å²) in [7, 11) is 0. The number of nitrogens with zero attached hydrogens (tertiary/aromatic N) is 1. The van der Waals surface area contributed by atoms with Crippen molar-refractivity contribution in [3.63, 3.8) is 0 Å². The highest BCUT2D eigenvalue weighted by molar-refractivity contribution is 5.90. The molecule has 0 radical (unpaired) electrons. The van der Waals surface area contributed by atoms with Crippen molar-refractivity contribution in [2.24, 2.45) is 5.41 Å². The first-order valence-electron chi connectivity index (χ1n) is 10.8. The Morgan fingerprint density at radius 1 is 1.23 bits per heavy atom. The summed E-state index contributed by atoms with van der Waals surface area (Å²) in [6.07, 6.45) is -0.312. The zero-order chi connectivity index (χ0) is 22.5. The Morgan fingerprint density at radius 2 is 1.94 bits per heavy atom. The van der Waals surface area contributed by atoms with Gasteiger partial charge in [-0.2, -0.15) is 13.2 Å². The van der Waals surface area contributed by atoms with Crippen molar-refractivity contribution >= 4 is 17.7 Å². The molecule has 0 bridgehead atoms. The zero-order valence-corrected chi connectivity index (χ0v) is 17.7. The molecule has 2 aliphatic heterocycles. The lowest BCUT2D eigenvalue weighted by atomic mass is 9.73.